The van der Waals surface area contributed by atoms with Gasteiger partial charge in [-0.3, -0.25) is 0 Å². The third-order valence-electron chi connectivity index (χ3n) is 13.8. The van der Waals surface area contributed by atoms with E-state index in [1.807, 2.05) is 26.8 Å². The average molecular weight is 1200 g/mol. The van der Waals surface area contributed by atoms with E-state index >= 15 is 0 Å². The van der Waals surface area contributed by atoms with E-state index in [9.17, 15) is 14.4 Å². The summed E-state index contributed by atoms with van der Waals surface area (Å²) >= 11 is -3.01. The van der Waals surface area contributed by atoms with Crippen LogP contribution in [0.25, 0.3) is 0 Å². The summed E-state index contributed by atoms with van der Waals surface area (Å²) in [6, 6.07) is 0. The number of allylic oxidation sites excluding steroid dienone is 6. The number of carbonyl (C=O) groups is 3. The molecule has 0 amide bonds. The van der Waals surface area contributed by atoms with Crippen molar-refractivity contribution in [3.63, 3.8) is 0 Å². The zero-order valence-electron chi connectivity index (χ0n) is 49.2. The smallest absolute Gasteiger partial charge is 0.0885 e. The average Bonchev–Trinajstić information content (AvgIpc) is 3.40. The third kappa shape index (κ3) is 56.2. The second-order valence-corrected chi connectivity index (χ2v) is 55.1. The molecule has 74 heavy (non-hydrogen) atoms. The summed E-state index contributed by atoms with van der Waals surface area (Å²) in [5, 5.41) is 0. The second kappa shape index (κ2) is 61.7. The van der Waals surface area contributed by atoms with Gasteiger partial charge in [-0.2, -0.15) is 0 Å². The molecule has 0 aliphatic carbocycles. The van der Waals surface area contributed by atoms with E-state index in [1.165, 1.54) is 216 Å². The number of carbonyl (C=O) groups excluding carboxylic acids is 3. The van der Waals surface area contributed by atoms with Gasteiger partial charge >= 0.3 is 284 Å². The molecule has 0 bridgehead atoms. The van der Waals surface area contributed by atoms with E-state index < -0.39 is 14.2 Å². The maximum absolute atomic E-state index is 12.7. The van der Waals surface area contributed by atoms with Crippen molar-refractivity contribution in [3.8, 4) is 0 Å². The van der Waals surface area contributed by atoms with Gasteiger partial charge in [-0.05, 0) is 38.5 Å². The van der Waals surface area contributed by atoms with Crippen LogP contribution < -0.4 is 0 Å². The van der Waals surface area contributed by atoms with Crippen molar-refractivity contribution in [3.05, 3.63) is 36.5 Å². The van der Waals surface area contributed by atoms with Gasteiger partial charge in [0.25, 0.3) is 0 Å². The Morgan fingerprint density at radius 2 is 0.514 bits per heavy atom. The number of esters is 3. The maximum atomic E-state index is 12.7. The summed E-state index contributed by atoms with van der Waals surface area (Å²) in [5.74, 6) is 2.16. The van der Waals surface area contributed by atoms with Crippen LogP contribution in [0.2, 0.25) is 4.44 Å². The predicted octanol–water partition coefficient (Wildman–Crippen LogP) is 21.7. The van der Waals surface area contributed by atoms with Crippen LogP contribution >= 0.6 is 26.8 Å². The molecule has 0 aliphatic heterocycles. The summed E-state index contributed by atoms with van der Waals surface area (Å²) in [4.78, 5) is 38.2. The molecular formula is C64H120O6S3Sn. The van der Waals surface area contributed by atoms with Crippen molar-refractivity contribution in [2.45, 2.75) is 315 Å². The van der Waals surface area contributed by atoms with Crippen LogP contribution in [-0.2, 0) is 28.6 Å². The number of rotatable bonds is 60. The Hall–Kier alpha value is -0.521. The fourth-order valence-corrected chi connectivity index (χ4v) is 47.4. The van der Waals surface area contributed by atoms with Gasteiger partial charge in [-0.15, -0.1) is 0 Å². The molecule has 10 heteroatoms. The van der Waals surface area contributed by atoms with Gasteiger partial charge in [0.2, 0.25) is 0 Å². The molecule has 0 radical (unpaired) electrons. The van der Waals surface area contributed by atoms with Gasteiger partial charge in [0.05, 0.1) is 0 Å². The molecule has 0 spiro atoms. The monoisotopic (exact) mass is 1200 g/mol. The molecule has 0 saturated heterocycles. The third-order valence-corrected chi connectivity index (χ3v) is 53.8. The second-order valence-electron chi connectivity index (χ2n) is 21.0. The van der Waals surface area contributed by atoms with Crippen molar-refractivity contribution >= 4 is 59.0 Å². The molecule has 6 nitrogen and oxygen atoms in total. The predicted molar refractivity (Wildman–Crippen MR) is 334 cm³/mol. The topological polar surface area (TPSA) is 78.9 Å². The van der Waals surface area contributed by atoms with E-state index in [1.54, 1.807) is 0 Å². The molecule has 0 fully saturated rings. The normalized spacial score (nSPS) is 12.0. The number of unbranched alkanes of at least 4 members (excludes halogenated alkanes) is 34. The fraction of sp³-hybridized carbons (Fsp3) is 0.859. The van der Waals surface area contributed by atoms with Crippen molar-refractivity contribution in [2.75, 3.05) is 37.1 Å². The van der Waals surface area contributed by atoms with Crippen molar-refractivity contribution in [1.29, 1.82) is 0 Å². The van der Waals surface area contributed by atoms with E-state index in [-0.39, 0.29) is 17.9 Å². The van der Waals surface area contributed by atoms with E-state index in [2.05, 4.69) is 64.2 Å². The zero-order chi connectivity index (χ0) is 53.8. The molecule has 0 unspecified atom stereocenters. The first-order valence-electron chi connectivity index (χ1n) is 31.8. The Morgan fingerprint density at radius 1 is 0.297 bits per heavy atom. The molecule has 0 saturated carbocycles. The van der Waals surface area contributed by atoms with E-state index in [0.717, 1.165) is 68.6 Å². The van der Waals surface area contributed by atoms with Gasteiger partial charge < -0.3 is 0 Å². The summed E-state index contributed by atoms with van der Waals surface area (Å²) < 4.78 is 18.5. The first kappa shape index (κ1) is 73.5. The standard InChI is InChI=1S/3C20H38O2S.C4H9.Sn/c3*1-2-3-4-5-6-7-8-9-10-11-12-13-14-15-16-17-20(21)22-18-19-23;1-3-4-2;/h3*9-10,23H,2-8,11-19H2,1H3;1,3-4H2,2H3;/q;;;;+3/p-3/b3*10-9-;;. The van der Waals surface area contributed by atoms with Crippen LogP contribution in [0.3, 0.4) is 0 Å². The Balaban J connectivity index is 4.73. The molecule has 0 heterocycles. The van der Waals surface area contributed by atoms with Crippen LogP contribution in [0.15, 0.2) is 36.5 Å². The Labute approximate surface area is 472 Å². The molecule has 0 N–H and O–H groups in total. The number of hydrogen-bond acceptors (Lipinski definition) is 9. The van der Waals surface area contributed by atoms with Gasteiger partial charge in [-0.1, -0.05) is 154 Å². The Bertz CT molecular complexity index is 1150. The van der Waals surface area contributed by atoms with Crippen molar-refractivity contribution in [1.82, 2.24) is 0 Å². The first-order chi connectivity index (χ1) is 36.4. The van der Waals surface area contributed by atoms with E-state index in [4.69, 9.17) is 14.2 Å². The Morgan fingerprint density at radius 3 is 0.757 bits per heavy atom. The summed E-state index contributed by atoms with van der Waals surface area (Å²) in [7, 11) is 6.14. The molecular weight excluding hydrogens is 1080 g/mol. The summed E-state index contributed by atoms with van der Waals surface area (Å²) in [6.07, 6.45) is 66.5. The van der Waals surface area contributed by atoms with Crippen molar-refractivity contribution in [2.24, 2.45) is 0 Å². The number of hydrogen-bond donors (Lipinski definition) is 0. The quantitative estimate of drug-likeness (QED) is 0.0195. The van der Waals surface area contributed by atoms with Crippen LogP contribution in [0.1, 0.15) is 310 Å². The fourth-order valence-electron chi connectivity index (χ4n) is 9.03. The molecule has 434 valence electrons. The zero-order valence-corrected chi connectivity index (χ0v) is 54.5. The van der Waals surface area contributed by atoms with Crippen LogP contribution in [-0.4, -0.2) is 69.2 Å². The minimum absolute atomic E-state index is 0.0748. The van der Waals surface area contributed by atoms with Crippen LogP contribution in [0.4, 0.5) is 0 Å². The van der Waals surface area contributed by atoms with Crippen LogP contribution in [0, 0.1) is 0 Å². The van der Waals surface area contributed by atoms with Gasteiger partial charge in [0, 0.05) is 0 Å². The minimum atomic E-state index is -3.01. The molecule has 0 rings (SSSR count). The van der Waals surface area contributed by atoms with Gasteiger partial charge in [0.1, 0.15) is 0 Å². The molecule has 0 aliphatic rings. The molecule has 0 aromatic heterocycles. The Kier molecular flexibility index (Phi) is 61.3. The molecule has 0 aromatic rings. The first-order valence-corrected chi connectivity index (χ1v) is 47.2. The summed E-state index contributed by atoms with van der Waals surface area (Å²) in [6.45, 7) is 10.4. The van der Waals surface area contributed by atoms with Gasteiger partial charge in [-0.25, -0.2) is 0 Å². The van der Waals surface area contributed by atoms with Crippen molar-refractivity contribution < 1.29 is 28.6 Å². The van der Waals surface area contributed by atoms with Gasteiger partial charge in [0.15, 0.2) is 0 Å². The molecule has 0 atom stereocenters. The van der Waals surface area contributed by atoms with E-state index in [0.29, 0.717) is 39.1 Å². The summed E-state index contributed by atoms with van der Waals surface area (Å²) in [5.41, 5.74) is 0. The van der Waals surface area contributed by atoms with Crippen LogP contribution in [0.5, 0.6) is 0 Å². The number of ether oxygens (including phenoxy) is 3. The minimum Gasteiger partial charge on any atom is -0.0885 e. The SMILES string of the molecule is CCCCCCCC/C=C\CCCCCCCC(=O)OCC[S][Sn]([CH2]CCC)([S]CCOC(=O)CCCCCCC/C=C\CCCCCCCC)[S]CCOC(=O)CCCCCCC/C=C\CCCCCCCC. The molecule has 0 aromatic carbocycles.